The molecule has 0 nitrogen and oxygen atoms in total. The molecule has 70 valence electrons. The van der Waals surface area contributed by atoms with Crippen molar-refractivity contribution in [1.29, 1.82) is 0 Å². The van der Waals surface area contributed by atoms with Crippen LogP contribution in [-0.2, 0) is 0 Å². The first-order chi connectivity index (χ1) is 5.54. The van der Waals surface area contributed by atoms with Gasteiger partial charge in [0.2, 0.25) is 0 Å². The lowest BCUT2D eigenvalue weighted by Gasteiger charge is -2.51. The Kier molecular flexibility index (Phi) is 1.75. The third-order valence-electron chi connectivity index (χ3n) is 4.36. The highest BCUT2D eigenvalue weighted by Gasteiger charge is 2.50. The van der Waals surface area contributed by atoms with Gasteiger partial charge in [-0.25, -0.2) is 4.39 Å². The van der Waals surface area contributed by atoms with E-state index in [-0.39, 0.29) is 5.41 Å². The van der Waals surface area contributed by atoms with Crippen molar-refractivity contribution in [2.24, 2.45) is 11.3 Å². The van der Waals surface area contributed by atoms with Gasteiger partial charge in [-0.3, -0.25) is 0 Å². The highest BCUT2D eigenvalue weighted by Crippen LogP contribution is 2.55. The van der Waals surface area contributed by atoms with Crippen LogP contribution in [0.2, 0.25) is 0 Å². The van der Waals surface area contributed by atoms with Crippen LogP contribution in [0.4, 0.5) is 4.39 Å². The number of rotatable bonds is 0. The maximum absolute atomic E-state index is 14.1. The Bertz CT molecular complexity index is 185. The van der Waals surface area contributed by atoms with E-state index in [1.807, 2.05) is 6.92 Å². The summed E-state index contributed by atoms with van der Waals surface area (Å²) in [5, 5.41) is 0. The second-order valence-corrected chi connectivity index (χ2v) is 5.26. The summed E-state index contributed by atoms with van der Waals surface area (Å²) in [6.45, 7) is 3.97. The Balaban J connectivity index is 2.22. The molecule has 0 aromatic carbocycles. The molecule has 2 saturated carbocycles. The summed E-state index contributed by atoms with van der Waals surface area (Å²) in [4.78, 5) is 0. The second-order valence-electron chi connectivity index (χ2n) is 5.26. The van der Waals surface area contributed by atoms with Crippen molar-refractivity contribution in [3.8, 4) is 0 Å². The van der Waals surface area contributed by atoms with Crippen LogP contribution in [0.25, 0.3) is 0 Å². The van der Waals surface area contributed by atoms with Gasteiger partial charge >= 0.3 is 0 Å². The Labute approximate surface area is 74.5 Å². The molecule has 0 spiro atoms. The normalized spacial score (nSPS) is 53.8. The topological polar surface area (TPSA) is 0 Å². The third kappa shape index (κ3) is 1.09. The van der Waals surface area contributed by atoms with Crippen LogP contribution in [0.15, 0.2) is 0 Å². The minimum atomic E-state index is -0.885. The molecule has 0 radical (unpaired) electrons. The van der Waals surface area contributed by atoms with Gasteiger partial charge in [0.1, 0.15) is 5.67 Å². The standard InChI is InChI=1S/C11H19F/c1-10-6-3-4-9(8-10)5-7-11(10,2)12/h9H,3-8H2,1-2H3. The van der Waals surface area contributed by atoms with E-state index in [1.54, 1.807) is 0 Å². The maximum atomic E-state index is 14.1. The van der Waals surface area contributed by atoms with Gasteiger partial charge in [0.05, 0.1) is 0 Å². The Morgan fingerprint density at radius 1 is 1.17 bits per heavy atom. The Morgan fingerprint density at radius 3 is 2.58 bits per heavy atom. The van der Waals surface area contributed by atoms with E-state index in [4.69, 9.17) is 0 Å². The zero-order chi connectivity index (χ0) is 8.82. The molecule has 2 rings (SSSR count). The van der Waals surface area contributed by atoms with Crippen LogP contribution < -0.4 is 0 Å². The zero-order valence-electron chi connectivity index (χ0n) is 8.20. The molecule has 2 fully saturated rings. The maximum Gasteiger partial charge on any atom is 0.113 e. The smallest absolute Gasteiger partial charge is 0.113 e. The van der Waals surface area contributed by atoms with Crippen LogP contribution in [0, 0.1) is 11.3 Å². The van der Waals surface area contributed by atoms with E-state index in [2.05, 4.69) is 6.92 Å². The molecule has 0 aromatic heterocycles. The minimum Gasteiger partial charge on any atom is -0.244 e. The molecular weight excluding hydrogens is 151 g/mol. The Morgan fingerprint density at radius 2 is 1.92 bits per heavy atom. The first-order valence-corrected chi connectivity index (χ1v) is 5.22. The van der Waals surface area contributed by atoms with Crippen molar-refractivity contribution >= 4 is 0 Å². The first kappa shape index (κ1) is 8.52. The third-order valence-corrected chi connectivity index (χ3v) is 4.36. The molecule has 0 N–H and O–H groups in total. The molecule has 0 saturated heterocycles. The average molecular weight is 170 g/mol. The van der Waals surface area contributed by atoms with Crippen molar-refractivity contribution in [3.63, 3.8) is 0 Å². The van der Waals surface area contributed by atoms with Gasteiger partial charge in [-0.05, 0) is 38.5 Å². The van der Waals surface area contributed by atoms with Crippen LogP contribution in [0.1, 0.15) is 52.4 Å². The van der Waals surface area contributed by atoms with E-state index in [0.717, 1.165) is 31.6 Å². The van der Waals surface area contributed by atoms with Crippen LogP contribution in [-0.4, -0.2) is 5.67 Å². The fourth-order valence-electron chi connectivity index (χ4n) is 3.12. The van der Waals surface area contributed by atoms with Gasteiger partial charge in [0.15, 0.2) is 0 Å². The molecule has 1 heteroatoms. The lowest BCUT2D eigenvalue weighted by Crippen LogP contribution is -2.47. The number of hydrogen-bond acceptors (Lipinski definition) is 0. The fraction of sp³-hybridized carbons (Fsp3) is 1.00. The molecule has 3 atom stereocenters. The van der Waals surface area contributed by atoms with E-state index >= 15 is 0 Å². The predicted octanol–water partition coefficient (Wildman–Crippen LogP) is 3.70. The highest BCUT2D eigenvalue weighted by atomic mass is 19.1. The molecule has 0 aliphatic heterocycles. The fourth-order valence-corrected chi connectivity index (χ4v) is 3.12. The molecule has 2 bridgehead atoms. The SMILES string of the molecule is CC1(F)CCC2CCCC1(C)C2. The number of alkyl halides is 1. The Hall–Kier alpha value is -0.0700. The van der Waals surface area contributed by atoms with Crippen molar-refractivity contribution in [2.45, 2.75) is 58.0 Å². The second kappa shape index (κ2) is 2.46. The van der Waals surface area contributed by atoms with Gasteiger partial charge < -0.3 is 0 Å². The quantitative estimate of drug-likeness (QED) is 0.520. The number of halogens is 1. The van der Waals surface area contributed by atoms with Crippen LogP contribution in [0.5, 0.6) is 0 Å². The highest BCUT2D eigenvalue weighted by molar-refractivity contribution is 5.00. The van der Waals surface area contributed by atoms with Gasteiger partial charge in [0.25, 0.3) is 0 Å². The summed E-state index contributed by atoms with van der Waals surface area (Å²) in [7, 11) is 0. The van der Waals surface area contributed by atoms with Gasteiger partial charge in [-0.2, -0.15) is 0 Å². The molecule has 12 heavy (non-hydrogen) atoms. The lowest BCUT2D eigenvalue weighted by atomic mass is 9.57. The van der Waals surface area contributed by atoms with Crippen LogP contribution in [0.3, 0.4) is 0 Å². The summed E-state index contributed by atoms with van der Waals surface area (Å²) < 4.78 is 14.1. The first-order valence-electron chi connectivity index (χ1n) is 5.22. The minimum absolute atomic E-state index is 0.00810. The molecular formula is C11H19F. The lowest BCUT2D eigenvalue weighted by molar-refractivity contribution is -0.0684. The molecule has 2 aliphatic rings. The van der Waals surface area contributed by atoms with Crippen molar-refractivity contribution in [2.75, 3.05) is 0 Å². The largest absolute Gasteiger partial charge is 0.244 e. The molecule has 3 unspecified atom stereocenters. The average Bonchev–Trinajstić information content (AvgIpc) is 1.99. The molecule has 0 aromatic rings. The summed E-state index contributed by atoms with van der Waals surface area (Å²) in [6, 6.07) is 0. The van der Waals surface area contributed by atoms with Crippen molar-refractivity contribution < 1.29 is 4.39 Å². The van der Waals surface area contributed by atoms with E-state index < -0.39 is 5.67 Å². The number of fused-ring (bicyclic) bond motifs is 2. The summed E-state index contributed by atoms with van der Waals surface area (Å²) in [6.07, 6.45) is 6.78. The van der Waals surface area contributed by atoms with Crippen LogP contribution >= 0.6 is 0 Å². The summed E-state index contributed by atoms with van der Waals surface area (Å²) in [5.41, 5.74) is -0.877. The molecule has 0 heterocycles. The summed E-state index contributed by atoms with van der Waals surface area (Å²) in [5.74, 6) is 0.840. The van der Waals surface area contributed by atoms with E-state index in [0.29, 0.717) is 0 Å². The molecule has 2 aliphatic carbocycles. The molecule has 0 amide bonds. The van der Waals surface area contributed by atoms with Crippen molar-refractivity contribution in [3.05, 3.63) is 0 Å². The van der Waals surface area contributed by atoms with Gasteiger partial charge in [-0.1, -0.05) is 19.8 Å². The zero-order valence-corrected chi connectivity index (χ0v) is 8.20. The van der Waals surface area contributed by atoms with E-state index in [9.17, 15) is 4.39 Å². The summed E-state index contributed by atoms with van der Waals surface area (Å²) >= 11 is 0. The predicted molar refractivity (Wildman–Crippen MR) is 48.8 cm³/mol. The van der Waals surface area contributed by atoms with Gasteiger partial charge in [-0.15, -0.1) is 0 Å². The van der Waals surface area contributed by atoms with Gasteiger partial charge in [0, 0.05) is 5.41 Å². The van der Waals surface area contributed by atoms with E-state index in [1.165, 1.54) is 12.8 Å². The number of hydrogen-bond donors (Lipinski definition) is 0. The van der Waals surface area contributed by atoms with Crippen molar-refractivity contribution in [1.82, 2.24) is 0 Å². The monoisotopic (exact) mass is 170 g/mol.